The van der Waals surface area contributed by atoms with Gasteiger partial charge in [-0.3, -0.25) is 0 Å². The lowest BCUT2D eigenvalue weighted by Gasteiger charge is -2.39. The number of aliphatic hydroxyl groups is 4. The molecule has 1 aromatic heterocycles. The van der Waals surface area contributed by atoms with E-state index in [1.807, 2.05) is 0 Å². The third-order valence-corrected chi connectivity index (χ3v) is 6.59. The molecule has 4 aromatic rings. The van der Waals surface area contributed by atoms with E-state index in [-0.39, 0.29) is 30.3 Å². The van der Waals surface area contributed by atoms with Crippen LogP contribution >= 0.6 is 0 Å². The highest BCUT2D eigenvalue weighted by Crippen LogP contribution is 2.35. The molecule has 0 radical (unpaired) electrons. The van der Waals surface area contributed by atoms with Crippen molar-refractivity contribution in [3.05, 3.63) is 101 Å². The van der Waals surface area contributed by atoms with E-state index in [9.17, 15) is 30.0 Å². The lowest BCUT2D eigenvalue weighted by molar-refractivity contribution is -0.277. The average Bonchev–Trinajstić information content (AvgIpc) is 3.45. The molecule has 41 heavy (non-hydrogen) atoms. The average molecular weight is 565 g/mol. The van der Waals surface area contributed by atoms with Gasteiger partial charge in [0.15, 0.2) is 0 Å². The van der Waals surface area contributed by atoms with Gasteiger partial charge in [0.1, 0.15) is 54.7 Å². The Morgan fingerprint density at radius 2 is 1.37 bits per heavy atom. The molecule has 3 aromatic carbocycles. The number of ether oxygens (including phenoxy) is 4. The van der Waals surface area contributed by atoms with E-state index in [1.54, 1.807) is 72.8 Å². The van der Waals surface area contributed by atoms with Gasteiger partial charge in [0.05, 0.1) is 23.1 Å². The Hall–Kier alpha value is -4.26. The van der Waals surface area contributed by atoms with E-state index in [1.165, 1.54) is 6.07 Å². The molecule has 4 N–H and O–H groups in total. The highest BCUT2D eigenvalue weighted by molar-refractivity contribution is 5.91. The van der Waals surface area contributed by atoms with Crippen LogP contribution in [0.5, 0.6) is 5.75 Å². The molecule has 5 rings (SSSR count). The standard InChI is InChI=1S/C30H28O11/c31-14-23-24(32)25(33)26(34)30(41-23)40-22-12-11-19(15-37-28(35)17-7-3-1-4-8-17)27-21(22)13-20(39-27)16-38-29(36)18-9-5-2-6-10-18/h1-13,23-26,30-34H,14-16H2/t23-,24+,25+,26-,30-/m1/s1. The van der Waals surface area contributed by atoms with Crippen molar-refractivity contribution in [2.75, 3.05) is 6.61 Å². The summed E-state index contributed by atoms with van der Waals surface area (Å²) in [4.78, 5) is 24.9. The molecule has 0 saturated carbocycles. The number of fused-ring (bicyclic) bond motifs is 1. The minimum atomic E-state index is -1.63. The first kappa shape index (κ1) is 28.3. The molecule has 1 saturated heterocycles. The number of carbonyl (C=O) groups excluding carboxylic acids is 2. The van der Waals surface area contributed by atoms with Crippen molar-refractivity contribution in [1.29, 1.82) is 0 Å². The number of furan rings is 1. The molecular formula is C30H28O11. The molecule has 0 amide bonds. The summed E-state index contributed by atoms with van der Waals surface area (Å²) in [6, 6.07) is 21.6. The Morgan fingerprint density at radius 1 is 0.756 bits per heavy atom. The molecule has 0 spiro atoms. The van der Waals surface area contributed by atoms with E-state index >= 15 is 0 Å². The maximum Gasteiger partial charge on any atom is 0.338 e. The van der Waals surface area contributed by atoms with Crippen molar-refractivity contribution in [2.45, 2.75) is 43.9 Å². The number of carbonyl (C=O) groups is 2. The first-order valence-corrected chi connectivity index (χ1v) is 12.8. The lowest BCUT2D eigenvalue weighted by atomic mass is 9.99. The van der Waals surface area contributed by atoms with E-state index in [0.717, 1.165) is 0 Å². The van der Waals surface area contributed by atoms with Gasteiger partial charge in [0.25, 0.3) is 0 Å². The van der Waals surface area contributed by atoms with Crippen LogP contribution in [-0.2, 0) is 27.4 Å². The molecule has 1 aliphatic rings. The highest BCUT2D eigenvalue weighted by Gasteiger charge is 2.45. The smallest absolute Gasteiger partial charge is 0.338 e. The summed E-state index contributed by atoms with van der Waals surface area (Å²) in [5.74, 6) is -0.679. The van der Waals surface area contributed by atoms with Crippen molar-refractivity contribution in [3.8, 4) is 5.75 Å². The number of rotatable bonds is 9. The molecule has 0 bridgehead atoms. The molecule has 1 aliphatic heterocycles. The Morgan fingerprint density at radius 3 is 1.98 bits per heavy atom. The first-order chi connectivity index (χ1) is 19.9. The van der Waals surface area contributed by atoms with Gasteiger partial charge in [-0.15, -0.1) is 0 Å². The van der Waals surface area contributed by atoms with Crippen LogP contribution in [0.3, 0.4) is 0 Å². The summed E-state index contributed by atoms with van der Waals surface area (Å²) < 4.78 is 28.2. The van der Waals surface area contributed by atoms with Crippen LogP contribution in [0.4, 0.5) is 0 Å². The fourth-order valence-corrected chi connectivity index (χ4v) is 4.38. The number of benzene rings is 3. The van der Waals surface area contributed by atoms with Gasteiger partial charge >= 0.3 is 11.9 Å². The van der Waals surface area contributed by atoms with Crippen molar-refractivity contribution >= 4 is 22.9 Å². The molecule has 1 fully saturated rings. The molecule has 214 valence electrons. The molecule has 11 heteroatoms. The summed E-state index contributed by atoms with van der Waals surface area (Å²) in [7, 11) is 0. The number of aliphatic hydroxyl groups excluding tert-OH is 4. The minimum absolute atomic E-state index is 0.151. The van der Waals surface area contributed by atoms with Gasteiger partial charge in [0.2, 0.25) is 6.29 Å². The second-order valence-corrected chi connectivity index (χ2v) is 9.38. The van der Waals surface area contributed by atoms with Crippen LogP contribution in [0.15, 0.2) is 83.3 Å². The maximum atomic E-state index is 12.5. The van der Waals surface area contributed by atoms with Crippen molar-refractivity contribution in [1.82, 2.24) is 0 Å². The monoisotopic (exact) mass is 564 g/mol. The van der Waals surface area contributed by atoms with E-state index in [2.05, 4.69) is 0 Å². The second-order valence-electron chi connectivity index (χ2n) is 9.38. The van der Waals surface area contributed by atoms with Crippen LogP contribution < -0.4 is 4.74 Å². The second kappa shape index (κ2) is 12.5. The van der Waals surface area contributed by atoms with Crippen molar-refractivity contribution < 1.29 is 53.4 Å². The van der Waals surface area contributed by atoms with Gasteiger partial charge in [-0.05, 0) is 42.5 Å². The van der Waals surface area contributed by atoms with E-state index in [4.69, 9.17) is 23.4 Å². The molecule has 2 heterocycles. The summed E-state index contributed by atoms with van der Waals surface area (Å²) >= 11 is 0. The molecule has 5 atom stereocenters. The summed E-state index contributed by atoms with van der Waals surface area (Å²) in [5, 5.41) is 40.5. The third kappa shape index (κ3) is 6.24. The summed E-state index contributed by atoms with van der Waals surface area (Å²) in [6.07, 6.45) is -7.41. The largest absolute Gasteiger partial charge is 0.461 e. The van der Waals surface area contributed by atoms with Crippen molar-refractivity contribution in [3.63, 3.8) is 0 Å². The number of esters is 2. The predicted octanol–water partition coefficient (Wildman–Crippen LogP) is 2.33. The van der Waals surface area contributed by atoms with Gasteiger partial charge in [-0.25, -0.2) is 9.59 Å². The zero-order valence-corrected chi connectivity index (χ0v) is 21.7. The lowest BCUT2D eigenvalue weighted by Crippen LogP contribution is -2.60. The SMILES string of the molecule is O=C(OCc1cc2c(O[C@@H]3O[C@H](CO)[C@H](O)[C@H](O)[C@H]3O)ccc(COC(=O)c3ccccc3)c2o1)c1ccccc1. The van der Waals surface area contributed by atoms with Gasteiger partial charge in [-0.2, -0.15) is 0 Å². The quantitative estimate of drug-likeness (QED) is 0.221. The number of hydrogen-bond donors (Lipinski definition) is 4. The zero-order valence-electron chi connectivity index (χ0n) is 21.7. The zero-order chi connectivity index (χ0) is 28.9. The Labute approximate surface area is 234 Å². The first-order valence-electron chi connectivity index (χ1n) is 12.8. The van der Waals surface area contributed by atoms with Crippen molar-refractivity contribution in [2.24, 2.45) is 0 Å². The van der Waals surface area contributed by atoms with E-state index < -0.39 is 49.3 Å². The highest BCUT2D eigenvalue weighted by atomic mass is 16.7. The fraction of sp³-hybridized carbons (Fsp3) is 0.267. The molecule has 11 nitrogen and oxygen atoms in total. The normalized spacial score (nSPS) is 22.3. The summed E-state index contributed by atoms with van der Waals surface area (Å²) in [5.41, 5.74) is 1.48. The topological polar surface area (TPSA) is 165 Å². The van der Waals surface area contributed by atoms with Crippen LogP contribution in [0, 0.1) is 0 Å². The number of hydrogen-bond acceptors (Lipinski definition) is 11. The van der Waals surface area contributed by atoms with Gasteiger partial charge < -0.3 is 43.8 Å². The molecular weight excluding hydrogens is 536 g/mol. The fourth-order valence-electron chi connectivity index (χ4n) is 4.38. The van der Waals surface area contributed by atoms with Crippen LogP contribution in [0.2, 0.25) is 0 Å². The Kier molecular flexibility index (Phi) is 8.62. The van der Waals surface area contributed by atoms with Crippen LogP contribution in [-0.4, -0.2) is 69.7 Å². The Balaban J connectivity index is 1.41. The van der Waals surface area contributed by atoms with Gasteiger partial charge in [-0.1, -0.05) is 36.4 Å². The van der Waals surface area contributed by atoms with Crippen LogP contribution in [0.1, 0.15) is 32.0 Å². The third-order valence-electron chi connectivity index (χ3n) is 6.59. The van der Waals surface area contributed by atoms with Gasteiger partial charge in [0, 0.05) is 5.56 Å². The van der Waals surface area contributed by atoms with Crippen LogP contribution in [0.25, 0.3) is 11.0 Å². The molecule has 0 aliphatic carbocycles. The predicted molar refractivity (Wildman–Crippen MR) is 142 cm³/mol. The molecule has 0 unspecified atom stereocenters. The van der Waals surface area contributed by atoms with E-state index in [0.29, 0.717) is 22.1 Å². The Bertz CT molecular complexity index is 1480. The maximum absolute atomic E-state index is 12.5. The summed E-state index contributed by atoms with van der Waals surface area (Å²) in [6.45, 7) is -0.985. The minimum Gasteiger partial charge on any atom is -0.461 e.